The first-order valence-electron chi connectivity index (χ1n) is 8.99. The molecular formula is C20H22N4OS2. The first kappa shape index (κ1) is 18.3. The van der Waals surface area contributed by atoms with Crippen molar-refractivity contribution in [1.82, 2.24) is 14.9 Å². The maximum Gasteiger partial charge on any atom is 0.236 e. The molecule has 1 aromatic carbocycles. The van der Waals surface area contributed by atoms with Gasteiger partial charge in [-0.15, -0.1) is 11.3 Å². The number of nitrogens with zero attached hydrogens (tertiary/aromatic N) is 3. The number of fused-ring (bicyclic) bond motifs is 2. The fourth-order valence-electron chi connectivity index (χ4n) is 3.46. The number of aromatic nitrogens is 2. The number of benzene rings is 1. The number of hydrogen-bond acceptors (Lipinski definition) is 6. The van der Waals surface area contributed by atoms with Crippen molar-refractivity contribution in [3.8, 4) is 0 Å². The molecule has 0 aliphatic carbocycles. The number of aryl methyl sites for hydroxylation is 2. The fraction of sp³-hybridized carbons (Fsp3) is 0.350. The Bertz CT molecular complexity index is 1030. The third-order valence-electron chi connectivity index (χ3n) is 5.11. The molecule has 1 aliphatic heterocycles. The van der Waals surface area contributed by atoms with Crippen molar-refractivity contribution < 1.29 is 4.79 Å². The third kappa shape index (κ3) is 3.41. The van der Waals surface area contributed by atoms with E-state index < -0.39 is 0 Å². The molecule has 1 aliphatic rings. The highest BCUT2D eigenvalue weighted by Crippen LogP contribution is 2.34. The van der Waals surface area contributed by atoms with Gasteiger partial charge >= 0.3 is 0 Å². The van der Waals surface area contributed by atoms with Gasteiger partial charge in [0.15, 0.2) is 5.16 Å². The molecule has 5 nitrogen and oxygen atoms in total. The molecule has 2 N–H and O–H groups in total. The molecule has 4 rings (SSSR count). The van der Waals surface area contributed by atoms with Crippen molar-refractivity contribution in [2.75, 3.05) is 12.3 Å². The Balaban J connectivity index is 1.51. The van der Waals surface area contributed by atoms with Gasteiger partial charge in [0.2, 0.25) is 5.91 Å². The van der Waals surface area contributed by atoms with Crippen molar-refractivity contribution in [2.24, 2.45) is 0 Å². The number of amides is 1. The van der Waals surface area contributed by atoms with E-state index in [0.29, 0.717) is 17.5 Å². The summed E-state index contributed by atoms with van der Waals surface area (Å²) in [5.41, 5.74) is 9.88. The quantitative estimate of drug-likeness (QED) is 0.534. The first-order valence-corrected chi connectivity index (χ1v) is 10.7. The number of rotatable bonds is 3. The van der Waals surface area contributed by atoms with Gasteiger partial charge in [-0.3, -0.25) is 4.79 Å². The highest BCUT2D eigenvalue weighted by Gasteiger charge is 2.26. The highest BCUT2D eigenvalue weighted by atomic mass is 32.2. The second-order valence-electron chi connectivity index (χ2n) is 6.89. The van der Waals surface area contributed by atoms with E-state index >= 15 is 0 Å². The van der Waals surface area contributed by atoms with Crippen LogP contribution in [0, 0.1) is 13.8 Å². The molecule has 140 valence electrons. The minimum Gasteiger partial charge on any atom is -0.383 e. The number of carbonyl (C=O) groups is 1. The van der Waals surface area contributed by atoms with Crippen molar-refractivity contribution >= 4 is 45.0 Å². The molecular weight excluding hydrogens is 376 g/mol. The topological polar surface area (TPSA) is 72.1 Å². The summed E-state index contributed by atoms with van der Waals surface area (Å²) < 4.78 is 0. The minimum atomic E-state index is -0.255. The number of hydrogen-bond donors (Lipinski definition) is 1. The summed E-state index contributed by atoms with van der Waals surface area (Å²) in [6, 6.07) is 8.33. The number of anilines is 1. The SMILES string of the molecule is Cc1sc2nc(S[C@H](C)C(=O)N3CCc4ccccc4C3)nc(N)c2c1C. The van der Waals surface area contributed by atoms with Crippen LogP contribution >= 0.6 is 23.1 Å². The summed E-state index contributed by atoms with van der Waals surface area (Å²) in [5.74, 6) is 0.617. The number of carbonyl (C=O) groups excluding carboxylic acids is 1. The molecule has 1 atom stereocenters. The molecule has 0 saturated heterocycles. The summed E-state index contributed by atoms with van der Waals surface area (Å²) >= 11 is 3.01. The Morgan fingerprint density at radius 2 is 2.00 bits per heavy atom. The third-order valence-corrected chi connectivity index (χ3v) is 7.16. The molecule has 3 heterocycles. The van der Waals surface area contributed by atoms with E-state index in [2.05, 4.69) is 35.1 Å². The molecule has 0 radical (unpaired) electrons. The summed E-state index contributed by atoms with van der Waals surface area (Å²) in [7, 11) is 0. The zero-order chi connectivity index (χ0) is 19.1. The van der Waals surface area contributed by atoms with Crippen molar-refractivity contribution in [3.05, 3.63) is 45.8 Å². The lowest BCUT2D eigenvalue weighted by atomic mass is 10.00. The number of nitrogen functional groups attached to an aromatic ring is 1. The number of thiophene rings is 1. The van der Waals surface area contributed by atoms with Gasteiger partial charge in [-0.1, -0.05) is 36.0 Å². The lowest BCUT2D eigenvalue weighted by molar-refractivity contribution is -0.131. The van der Waals surface area contributed by atoms with Gasteiger partial charge in [0.05, 0.1) is 10.6 Å². The Morgan fingerprint density at radius 3 is 2.78 bits per heavy atom. The van der Waals surface area contributed by atoms with E-state index in [1.165, 1.54) is 27.8 Å². The standard InChI is InChI=1S/C20H22N4OS2/c1-11-12(2)26-18-16(11)17(21)22-20(23-18)27-13(3)19(25)24-9-8-14-6-4-5-7-15(14)10-24/h4-7,13H,8-10H2,1-3H3,(H2,21,22,23)/t13-/m1/s1. The van der Waals surface area contributed by atoms with Crippen LogP contribution in [0.15, 0.2) is 29.4 Å². The Morgan fingerprint density at radius 1 is 1.26 bits per heavy atom. The average molecular weight is 399 g/mol. The number of nitrogens with two attached hydrogens (primary N) is 1. The molecule has 0 unspecified atom stereocenters. The zero-order valence-corrected chi connectivity index (χ0v) is 17.3. The second-order valence-corrected chi connectivity index (χ2v) is 9.40. The van der Waals surface area contributed by atoms with Gasteiger partial charge < -0.3 is 10.6 Å². The molecule has 0 fully saturated rings. The van der Waals surface area contributed by atoms with E-state index in [1.807, 2.05) is 24.8 Å². The molecule has 27 heavy (non-hydrogen) atoms. The summed E-state index contributed by atoms with van der Waals surface area (Å²) in [6.07, 6.45) is 0.905. The minimum absolute atomic E-state index is 0.121. The largest absolute Gasteiger partial charge is 0.383 e. The molecule has 0 saturated carbocycles. The van der Waals surface area contributed by atoms with Crippen LogP contribution in [0.4, 0.5) is 5.82 Å². The fourth-order valence-corrected chi connectivity index (χ4v) is 5.42. The molecule has 3 aromatic rings. The normalized spacial score (nSPS) is 15.0. The number of thioether (sulfide) groups is 1. The summed E-state index contributed by atoms with van der Waals surface area (Å²) in [4.78, 5) is 26.1. The van der Waals surface area contributed by atoms with Crippen LogP contribution in [-0.4, -0.2) is 32.6 Å². The van der Waals surface area contributed by atoms with Crippen LogP contribution in [-0.2, 0) is 17.8 Å². The van der Waals surface area contributed by atoms with Crippen LogP contribution in [0.1, 0.15) is 28.5 Å². The maximum absolute atomic E-state index is 12.9. The van der Waals surface area contributed by atoms with E-state index in [4.69, 9.17) is 5.73 Å². The van der Waals surface area contributed by atoms with Crippen LogP contribution in [0.3, 0.4) is 0 Å². The van der Waals surface area contributed by atoms with Crippen LogP contribution in [0.25, 0.3) is 10.2 Å². The van der Waals surface area contributed by atoms with Crippen molar-refractivity contribution in [1.29, 1.82) is 0 Å². The van der Waals surface area contributed by atoms with Crippen molar-refractivity contribution in [2.45, 2.75) is 44.1 Å². The van der Waals surface area contributed by atoms with Gasteiger partial charge in [0.25, 0.3) is 0 Å². The van der Waals surface area contributed by atoms with Gasteiger partial charge in [-0.05, 0) is 43.9 Å². The van der Waals surface area contributed by atoms with Gasteiger partial charge in [0, 0.05) is 18.0 Å². The molecule has 0 spiro atoms. The molecule has 1 amide bonds. The summed E-state index contributed by atoms with van der Waals surface area (Å²) in [5, 5.41) is 1.25. The van der Waals surface area contributed by atoms with Gasteiger partial charge in [0.1, 0.15) is 10.6 Å². The molecule has 7 heteroatoms. The predicted octanol–water partition coefficient (Wildman–Crippen LogP) is 3.96. The van der Waals surface area contributed by atoms with Crippen LogP contribution in [0.2, 0.25) is 0 Å². The Hall–Kier alpha value is -2.12. The Kier molecular flexibility index (Phi) is 4.82. The lowest BCUT2D eigenvalue weighted by Gasteiger charge is -2.30. The second kappa shape index (κ2) is 7.13. The predicted molar refractivity (Wildman–Crippen MR) is 112 cm³/mol. The van der Waals surface area contributed by atoms with Crippen LogP contribution < -0.4 is 5.73 Å². The summed E-state index contributed by atoms with van der Waals surface area (Å²) in [6.45, 7) is 7.45. The highest BCUT2D eigenvalue weighted by molar-refractivity contribution is 8.00. The van der Waals surface area contributed by atoms with Gasteiger partial charge in [-0.2, -0.15) is 0 Å². The van der Waals surface area contributed by atoms with E-state index in [-0.39, 0.29) is 11.2 Å². The monoisotopic (exact) mass is 398 g/mol. The van der Waals surface area contributed by atoms with Crippen LogP contribution in [0.5, 0.6) is 0 Å². The first-order chi connectivity index (χ1) is 12.9. The van der Waals surface area contributed by atoms with E-state index in [9.17, 15) is 4.79 Å². The smallest absolute Gasteiger partial charge is 0.236 e. The Labute approximate surface area is 167 Å². The maximum atomic E-state index is 12.9. The van der Waals surface area contributed by atoms with E-state index in [1.54, 1.807) is 11.3 Å². The molecule has 2 aromatic heterocycles. The zero-order valence-electron chi connectivity index (χ0n) is 15.7. The van der Waals surface area contributed by atoms with Gasteiger partial charge in [-0.25, -0.2) is 9.97 Å². The van der Waals surface area contributed by atoms with Crippen molar-refractivity contribution in [3.63, 3.8) is 0 Å². The molecule has 0 bridgehead atoms. The average Bonchev–Trinajstić information content (AvgIpc) is 2.94. The van der Waals surface area contributed by atoms with E-state index in [0.717, 1.165) is 28.7 Å². The lowest BCUT2D eigenvalue weighted by Crippen LogP contribution is -2.40.